The molecule has 0 atom stereocenters. The number of carbonyl (C=O) groups is 1. The van der Waals surface area contributed by atoms with Crippen LogP contribution in [0.5, 0.6) is 0 Å². The largest absolute Gasteiger partial charge is 0.306 e. The third-order valence-electron chi connectivity index (χ3n) is 3.45. The summed E-state index contributed by atoms with van der Waals surface area (Å²) in [6, 6.07) is 6.15. The number of hydrogen-bond acceptors (Lipinski definition) is 7. The summed E-state index contributed by atoms with van der Waals surface area (Å²) >= 11 is 2.33. The smallest absolute Gasteiger partial charge is 0.270 e. The van der Waals surface area contributed by atoms with E-state index >= 15 is 0 Å². The molecule has 25 heavy (non-hydrogen) atoms. The Morgan fingerprint density at radius 2 is 2.12 bits per heavy atom. The minimum absolute atomic E-state index is 0.305. The summed E-state index contributed by atoms with van der Waals surface area (Å²) < 4.78 is 19.4. The number of benzene rings is 1. The van der Waals surface area contributed by atoms with Gasteiger partial charge in [-0.25, -0.2) is 9.37 Å². The number of carbonyl (C=O) groups excluding carboxylic acids is 1. The quantitative estimate of drug-likeness (QED) is 0.594. The lowest BCUT2D eigenvalue weighted by molar-refractivity contribution is 0.102. The first kappa shape index (κ1) is 15.8. The molecule has 4 aromatic rings. The fourth-order valence-corrected chi connectivity index (χ4v) is 3.83. The SMILES string of the molecule is Cc1cc(NC(=O)c2snnc2C)n(-c2nc3ccc(F)cc3s2)n1. The maximum Gasteiger partial charge on any atom is 0.270 e. The van der Waals surface area contributed by atoms with Crippen LogP contribution in [0, 0.1) is 19.7 Å². The zero-order chi connectivity index (χ0) is 17.6. The number of amides is 1. The number of hydrogen-bond donors (Lipinski definition) is 1. The summed E-state index contributed by atoms with van der Waals surface area (Å²) in [6.07, 6.45) is 0. The Labute approximate surface area is 149 Å². The highest BCUT2D eigenvalue weighted by Crippen LogP contribution is 2.28. The molecule has 0 spiro atoms. The van der Waals surface area contributed by atoms with E-state index in [4.69, 9.17) is 0 Å². The Morgan fingerprint density at radius 1 is 1.28 bits per heavy atom. The molecule has 0 aliphatic heterocycles. The van der Waals surface area contributed by atoms with Gasteiger partial charge in [-0.2, -0.15) is 9.78 Å². The van der Waals surface area contributed by atoms with E-state index in [2.05, 4.69) is 25.0 Å². The molecule has 4 rings (SSSR count). The van der Waals surface area contributed by atoms with Crippen LogP contribution in [0.25, 0.3) is 15.3 Å². The molecule has 0 fully saturated rings. The number of aromatic nitrogens is 5. The second kappa shape index (κ2) is 5.97. The second-order valence-electron chi connectivity index (χ2n) is 5.33. The molecule has 7 nitrogen and oxygen atoms in total. The van der Waals surface area contributed by atoms with Crippen molar-refractivity contribution in [3.05, 3.63) is 46.3 Å². The minimum Gasteiger partial charge on any atom is -0.306 e. The molecule has 1 aromatic carbocycles. The summed E-state index contributed by atoms with van der Waals surface area (Å²) in [5.41, 5.74) is 1.97. The van der Waals surface area contributed by atoms with Crippen molar-refractivity contribution < 1.29 is 9.18 Å². The lowest BCUT2D eigenvalue weighted by Gasteiger charge is -2.05. The van der Waals surface area contributed by atoms with Crippen LogP contribution in [-0.2, 0) is 0 Å². The Bertz CT molecular complexity index is 1100. The van der Waals surface area contributed by atoms with Gasteiger partial charge in [-0.05, 0) is 43.6 Å². The molecule has 126 valence electrons. The van der Waals surface area contributed by atoms with Gasteiger partial charge in [-0.15, -0.1) is 5.10 Å². The summed E-state index contributed by atoms with van der Waals surface area (Å²) in [5.74, 6) is -0.142. The number of rotatable bonds is 3. The van der Waals surface area contributed by atoms with Crippen LogP contribution in [0.15, 0.2) is 24.3 Å². The van der Waals surface area contributed by atoms with Crippen LogP contribution >= 0.6 is 22.9 Å². The third-order valence-corrected chi connectivity index (χ3v) is 5.27. The summed E-state index contributed by atoms with van der Waals surface area (Å²) in [5, 5.41) is 11.6. The normalized spacial score (nSPS) is 11.2. The van der Waals surface area contributed by atoms with E-state index in [0.29, 0.717) is 31.7 Å². The van der Waals surface area contributed by atoms with Crippen molar-refractivity contribution in [3.63, 3.8) is 0 Å². The van der Waals surface area contributed by atoms with E-state index in [1.54, 1.807) is 23.7 Å². The van der Waals surface area contributed by atoms with Crippen LogP contribution in [0.4, 0.5) is 10.2 Å². The number of fused-ring (bicyclic) bond motifs is 1. The Balaban J connectivity index is 1.73. The van der Waals surface area contributed by atoms with Gasteiger partial charge in [0.05, 0.1) is 21.6 Å². The highest BCUT2D eigenvalue weighted by Gasteiger charge is 2.18. The van der Waals surface area contributed by atoms with E-state index in [1.165, 1.54) is 23.5 Å². The first-order chi connectivity index (χ1) is 12.0. The summed E-state index contributed by atoms with van der Waals surface area (Å²) in [4.78, 5) is 17.3. The van der Waals surface area contributed by atoms with Crippen LogP contribution in [0.1, 0.15) is 21.1 Å². The third kappa shape index (κ3) is 2.89. The van der Waals surface area contributed by atoms with Crippen LogP contribution in [0.2, 0.25) is 0 Å². The zero-order valence-electron chi connectivity index (χ0n) is 13.1. The number of aryl methyl sites for hydroxylation is 2. The average molecular weight is 374 g/mol. The maximum atomic E-state index is 13.4. The van der Waals surface area contributed by atoms with Gasteiger partial charge in [0.15, 0.2) is 0 Å². The number of halogens is 1. The predicted molar refractivity (Wildman–Crippen MR) is 94.0 cm³/mol. The molecule has 0 aliphatic rings. The van der Waals surface area contributed by atoms with E-state index in [1.807, 2.05) is 6.92 Å². The molecule has 3 heterocycles. The topological polar surface area (TPSA) is 85.6 Å². The molecule has 0 aliphatic carbocycles. The van der Waals surface area contributed by atoms with Gasteiger partial charge < -0.3 is 5.32 Å². The Kier molecular flexibility index (Phi) is 3.77. The van der Waals surface area contributed by atoms with Crippen molar-refractivity contribution in [2.75, 3.05) is 5.32 Å². The van der Waals surface area contributed by atoms with Crippen LogP contribution < -0.4 is 5.32 Å². The molecule has 1 N–H and O–H groups in total. The monoisotopic (exact) mass is 374 g/mol. The molecule has 0 radical (unpaired) electrons. The summed E-state index contributed by atoms with van der Waals surface area (Å²) in [7, 11) is 0. The average Bonchev–Trinajstić information content (AvgIpc) is 3.25. The lowest BCUT2D eigenvalue weighted by Crippen LogP contribution is -2.14. The van der Waals surface area contributed by atoms with E-state index in [9.17, 15) is 9.18 Å². The van der Waals surface area contributed by atoms with Crippen LogP contribution in [-0.4, -0.2) is 30.3 Å². The number of anilines is 1. The molecular formula is C15H11FN6OS2. The minimum atomic E-state index is -0.318. The molecule has 10 heteroatoms. The zero-order valence-corrected chi connectivity index (χ0v) is 14.8. The van der Waals surface area contributed by atoms with Gasteiger partial charge in [-0.1, -0.05) is 15.8 Å². The summed E-state index contributed by atoms with van der Waals surface area (Å²) in [6.45, 7) is 3.54. The van der Waals surface area contributed by atoms with Gasteiger partial charge in [0.2, 0.25) is 5.13 Å². The first-order valence-electron chi connectivity index (χ1n) is 7.25. The van der Waals surface area contributed by atoms with Gasteiger partial charge in [0.1, 0.15) is 16.5 Å². The first-order valence-corrected chi connectivity index (χ1v) is 8.83. The fraction of sp³-hybridized carbons (Fsp3) is 0.133. The fourth-order valence-electron chi connectivity index (χ4n) is 2.32. The highest BCUT2D eigenvalue weighted by molar-refractivity contribution is 7.20. The van der Waals surface area contributed by atoms with Crippen molar-refractivity contribution in [1.29, 1.82) is 0 Å². The molecule has 0 saturated heterocycles. The molecule has 0 bridgehead atoms. The van der Waals surface area contributed by atoms with E-state index < -0.39 is 0 Å². The number of nitrogens with zero attached hydrogens (tertiary/aromatic N) is 5. The lowest BCUT2D eigenvalue weighted by atomic mass is 10.3. The van der Waals surface area contributed by atoms with E-state index in [-0.39, 0.29) is 11.7 Å². The predicted octanol–water partition coefficient (Wildman–Crippen LogP) is 3.34. The van der Waals surface area contributed by atoms with Crippen LogP contribution in [0.3, 0.4) is 0 Å². The number of nitrogens with one attached hydrogen (secondary N) is 1. The molecule has 0 saturated carbocycles. The number of thiazole rings is 1. The molecular weight excluding hydrogens is 363 g/mol. The van der Waals surface area contributed by atoms with Crippen molar-refractivity contribution >= 4 is 44.8 Å². The van der Waals surface area contributed by atoms with Crippen molar-refractivity contribution in [3.8, 4) is 5.13 Å². The van der Waals surface area contributed by atoms with Crippen molar-refractivity contribution in [1.82, 2.24) is 24.4 Å². The standard InChI is InChI=1S/C15H11FN6OS2/c1-7-5-12(18-14(23)13-8(2)19-21-25-13)22(20-7)15-17-10-4-3-9(16)6-11(10)24-15/h3-6H,1-2H3,(H,18,23). The van der Waals surface area contributed by atoms with Crippen molar-refractivity contribution in [2.45, 2.75) is 13.8 Å². The van der Waals surface area contributed by atoms with Crippen molar-refractivity contribution in [2.24, 2.45) is 0 Å². The van der Waals surface area contributed by atoms with E-state index in [0.717, 1.165) is 17.2 Å². The Morgan fingerprint density at radius 3 is 2.88 bits per heavy atom. The Hall–Kier alpha value is -2.72. The molecule has 0 unspecified atom stereocenters. The van der Waals surface area contributed by atoms with Gasteiger partial charge in [0.25, 0.3) is 5.91 Å². The van der Waals surface area contributed by atoms with Gasteiger partial charge in [-0.3, -0.25) is 4.79 Å². The van der Waals surface area contributed by atoms with Gasteiger partial charge >= 0.3 is 0 Å². The second-order valence-corrected chi connectivity index (χ2v) is 7.10. The molecule has 1 amide bonds. The molecule has 3 aromatic heterocycles. The maximum absolute atomic E-state index is 13.4. The van der Waals surface area contributed by atoms with Gasteiger partial charge in [0, 0.05) is 6.07 Å². The highest BCUT2D eigenvalue weighted by atomic mass is 32.1.